The number of hydrogen-bond donors (Lipinski definition) is 1. The Labute approximate surface area is 208 Å². The highest BCUT2D eigenvalue weighted by atomic mass is 79.9. The Bertz CT molecular complexity index is 1140. The topological polar surface area (TPSA) is 90.2 Å². The molecule has 0 radical (unpaired) electrons. The standard InChI is InChI=1S/C15H15BrN4O2.C7H10F3NO2/c1-21-11-4-3-10(12(7-11)22-2)8-18-15-13-14(16)19-9-20(13)6-5-17-15;8-7(9,10)13-6(12)11-4-2-1-3-5-11/h3-7,9H,8H2,1-2H3,(H,17,18);1-5H2. The Morgan fingerprint density at radius 2 is 1.89 bits per heavy atom. The van der Waals surface area contributed by atoms with E-state index in [9.17, 15) is 18.0 Å². The summed E-state index contributed by atoms with van der Waals surface area (Å²) < 4.78 is 51.3. The van der Waals surface area contributed by atoms with Crippen molar-refractivity contribution in [3.8, 4) is 11.5 Å². The van der Waals surface area contributed by atoms with Crippen molar-refractivity contribution in [3.63, 3.8) is 0 Å². The fourth-order valence-electron chi connectivity index (χ4n) is 3.46. The van der Waals surface area contributed by atoms with Gasteiger partial charge in [0.15, 0.2) is 5.82 Å². The molecule has 190 valence electrons. The number of alkyl halides is 3. The summed E-state index contributed by atoms with van der Waals surface area (Å²) in [6, 6.07) is 5.73. The molecule has 3 aromatic rings. The minimum atomic E-state index is -4.87. The third kappa shape index (κ3) is 7.38. The van der Waals surface area contributed by atoms with E-state index in [1.165, 1.54) is 0 Å². The zero-order valence-corrected chi connectivity index (χ0v) is 20.7. The molecule has 1 aliphatic heterocycles. The first-order valence-electron chi connectivity index (χ1n) is 10.7. The Hall–Kier alpha value is -3.22. The lowest BCUT2D eigenvalue weighted by Crippen LogP contribution is -2.38. The Balaban J connectivity index is 0.000000225. The number of amides is 1. The van der Waals surface area contributed by atoms with Crippen LogP contribution in [-0.4, -0.2) is 59.0 Å². The van der Waals surface area contributed by atoms with Gasteiger partial charge < -0.3 is 28.8 Å². The number of aromatic nitrogens is 3. The molecule has 0 bridgehead atoms. The molecule has 13 heteroatoms. The lowest BCUT2D eigenvalue weighted by molar-refractivity contribution is -0.294. The zero-order valence-electron chi connectivity index (χ0n) is 19.1. The first-order chi connectivity index (χ1) is 16.7. The van der Waals surface area contributed by atoms with E-state index >= 15 is 0 Å². The fraction of sp³-hybridized carbons (Fsp3) is 0.409. The number of fused-ring (bicyclic) bond motifs is 1. The van der Waals surface area contributed by atoms with Gasteiger partial charge in [-0.3, -0.25) is 0 Å². The van der Waals surface area contributed by atoms with Gasteiger partial charge in [-0.05, 0) is 47.3 Å². The van der Waals surface area contributed by atoms with Gasteiger partial charge in [-0.1, -0.05) is 0 Å². The van der Waals surface area contributed by atoms with Gasteiger partial charge in [-0.15, -0.1) is 13.2 Å². The summed E-state index contributed by atoms with van der Waals surface area (Å²) in [6.45, 7) is 1.29. The predicted octanol–water partition coefficient (Wildman–Crippen LogP) is 5.25. The second-order valence-electron chi connectivity index (χ2n) is 7.46. The van der Waals surface area contributed by atoms with Gasteiger partial charge in [0.1, 0.15) is 27.9 Å². The van der Waals surface area contributed by atoms with Crippen molar-refractivity contribution in [2.45, 2.75) is 32.2 Å². The Kier molecular flexibility index (Phi) is 9.01. The van der Waals surface area contributed by atoms with Crippen molar-refractivity contribution in [1.29, 1.82) is 0 Å². The van der Waals surface area contributed by atoms with E-state index < -0.39 is 12.5 Å². The van der Waals surface area contributed by atoms with Crippen LogP contribution in [0.4, 0.5) is 23.8 Å². The number of carbonyl (C=O) groups is 1. The fourth-order valence-corrected chi connectivity index (χ4v) is 3.94. The molecule has 1 saturated heterocycles. The number of anilines is 1. The normalized spacial score (nSPS) is 13.6. The highest BCUT2D eigenvalue weighted by molar-refractivity contribution is 9.10. The van der Waals surface area contributed by atoms with E-state index in [4.69, 9.17) is 9.47 Å². The molecule has 1 aromatic carbocycles. The number of imidazole rings is 1. The van der Waals surface area contributed by atoms with Crippen molar-refractivity contribution >= 4 is 33.4 Å². The van der Waals surface area contributed by atoms with E-state index in [0.29, 0.717) is 19.6 Å². The average Bonchev–Trinajstić information content (AvgIpc) is 3.24. The SMILES string of the molecule is COc1ccc(CNc2nccn3cnc(Br)c23)c(OC)c1.O=C(OC(F)(F)F)N1CCCCC1. The molecule has 2 aromatic heterocycles. The van der Waals surface area contributed by atoms with Crippen molar-refractivity contribution in [1.82, 2.24) is 19.3 Å². The van der Waals surface area contributed by atoms with Crippen LogP contribution in [0, 0.1) is 0 Å². The zero-order chi connectivity index (χ0) is 25.4. The van der Waals surface area contributed by atoms with Gasteiger partial charge >= 0.3 is 12.5 Å². The van der Waals surface area contributed by atoms with E-state index in [2.05, 4.69) is 36.0 Å². The molecule has 1 fully saturated rings. The number of rotatable bonds is 5. The third-order valence-corrected chi connectivity index (χ3v) is 5.74. The van der Waals surface area contributed by atoms with Crippen LogP contribution < -0.4 is 14.8 Å². The molecule has 1 amide bonds. The maximum absolute atomic E-state index is 11.6. The number of likely N-dealkylation sites (tertiary alicyclic amines) is 1. The molecule has 1 N–H and O–H groups in total. The second-order valence-corrected chi connectivity index (χ2v) is 8.21. The molecule has 1 aliphatic rings. The first-order valence-corrected chi connectivity index (χ1v) is 11.5. The summed E-state index contributed by atoms with van der Waals surface area (Å²) in [5, 5.41) is 3.32. The molecular formula is C22H25BrF3N5O4. The highest BCUT2D eigenvalue weighted by Gasteiger charge is 2.36. The molecule has 0 atom stereocenters. The minimum Gasteiger partial charge on any atom is -0.497 e. The van der Waals surface area contributed by atoms with Gasteiger partial charge in [0.2, 0.25) is 0 Å². The Morgan fingerprint density at radius 1 is 1.14 bits per heavy atom. The van der Waals surface area contributed by atoms with Crippen LogP contribution in [0.1, 0.15) is 24.8 Å². The molecular weight excluding hydrogens is 535 g/mol. The Morgan fingerprint density at radius 3 is 2.54 bits per heavy atom. The largest absolute Gasteiger partial charge is 0.576 e. The summed E-state index contributed by atoms with van der Waals surface area (Å²) in [5.74, 6) is 2.29. The molecule has 0 spiro atoms. The maximum Gasteiger partial charge on any atom is 0.576 e. The van der Waals surface area contributed by atoms with Crippen molar-refractivity contribution in [2.24, 2.45) is 0 Å². The number of hydrogen-bond acceptors (Lipinski definition) is 7. The van der Waals surface area contributed by atoms with Crippen molar-refractivity contribution in [3.05, 3.63) is 47.1 Å². The number of halogens is 4. The van der Waals surface area contributed by atoms with Crippen LogP contribution in [0.15, 0.2) is 41.5 Å². The summed E-state index contributed by atoms with van der Waals surface area (Å²) in [7, 11) is 3.28. The molecule has 0 unspecified atom stereocenters. The third-order valence-electron chi connectivity index (χ3n) is 5.16. The van der Waals surface area contributed by atoms with Gasteiger partial charge in [-0.2, -0.15) is 0 Å². The minimum absolute atomic E-state index is 0.356. The van der Waals surface area contributed by atoms with E-state index in [0.717, 1.165) is 57.2 Å². The number of carbonyl (C=O) groups excluding carboxylic acids is 1. The summed E-state index contributed by atoms with van der Waals surface area (Å²) in [5.41, 5.74) is 1.91. The van der Waals surface area contributed by atoms with Crippen LogP contribution in [-0.2, 0) is 11.3 Å². The molecule has 4 rings (SSSR count). The number of piperidine rings is 1. The lowest BCUT2D eigenvalue weighted by Gasteiger charge is -2.25. The number of ether oxygens (including phenoxy) is 3. The molecule has 0 aliphatic carbocycles. The number of nitrogens with one attached hydrogen (secondary N) is 1. The van der Waals surface area contributed by atoms with Crippen LogP contribution in [0.25, 0.3) is 5.52 Å². The monoisotopic (exact) mass is 559 g/mol. The molecule has 0 saturated carbocycles. The van der Waals surface area contributed by atoms with Crippen LogP contribution in [0.2, 0.25) is 0 Å². The predicted molar refractivity (Wildman–Crippen MR) is 126 cm³/mol. The van der Waals surface area contributed by atoms with Crippen LogP contribution in [0.5, 0.6) is 11.5 Å². The molecule has 3 heterocycles. The molecule has 9 nitrogen and oxygen atoms in total. The summed E-state index contributed by atoms with van der Waals surface area (Å²) >= 11 is 3.44. The van der Waals surface area contributed by atoms with Gasteiger partial charge in [-0.25, -0.2) is 14.8 Å². The second kappa shape index (κ2) is 12.0. The lowest BCUT2D eigenvalue weighted by atomic mass is 10.1. The van der Waals surface area contributed by atoms with Crippen molar-refractivity contribution in [2.75, 3.05) is 32.6 Å². The van der Waals surface area contributed by atoms with Crippen molar-refractivity contribution < 1.29 is 32.2 Å². The highest BCUT2D eigenvalue weighted by Crippen LogP contribution is 2.27. The average molecular weight is 560 g/mol. The van der Waals surface area contributed by atoms with Gasteiger partial charge in [0.05, 0.1) is 14.2 Å². The smallest absolute Gasteiger partial charge is 0.497 e. The number of methoxy groups -OCH3 is 2. The summed E-state index contributed by atoms with van der Waals surface area (Å²) in [4.78, 5) is 20.5. The van der Waals surface area contributed by atoms with Gasteiger partial charge in [0, 0.05) is 43.7 Å². The van der Waals surface area contributed by atoms with Crippen LogP contribution in [0.3, 0.4) is 0 Å². The van der Waals surface area contributed by atoms with E-state index in [-0.39, 0.29) is 0 Å². The maximum atomic E-state index is 11.6. The van der Waals surface area contributed by atoms with Gasteiger partial charge in [0.25, 0.3) is 0 Å². The molecule has 35 heavy (non-hydrogen) atoms. The van der Waals surface area contributed by atoms with E-state index in [1.807, 2.05) is 28.8 Å². The van der Waals surface area contributed by atoms with E-state index in [1.54, 1.807) is 26.7 Å². The quantitative estimate of drug-likeness (QED) is 0.456. The number of benzene rings is 1. The summed E-state index contributed by atoms with van der Waals surface area (Å²) in [6.07, 6.45) is 1.61. The van der Waals surface area contributed by atoms with Crippen LogP contribution >= 0.6 is 15.9 Å². The number of nitrogens with zero attached hydrogens (tertiary/aromatic N) is 4. The first kappa shape index (κ1) is 26.4.